The second kappa shape index (κ2) is 7.42. The van der Waals surface area contributed by atoms with Crippen LogP contribution in [0.3, 0.4) is 0 Å². The van der Waals surface area contributed by atoms with E-state index < -0.39 is 0 Å². The molecule has 6 nitrogen and oxygen atoms in total. The lowest BCUT2D eigenvalue weighted by molar-refractivity contribution is 0.103. The van der Waals surface area contributed by atoms with E-state index in [4.69, 9.17) is 16.3 Å². The van der Waals surface area contributed by atoms with Crippen LogP contribution in [0.25, 0.3) is 10.2 Å². The van der Waals surface area contributed by atoms with Crippen molar-refractivity contribution in [2.45, 2.75) is 13.8 Å². The SMILES string of the molecule is Cc1nc(N2CCOCC2)c2c(C)c(C(=O)Nc3ccc(Cl)cc3)sc2n1. The highest BCUT2D eigenvalue weighted by atomic mass is 35.5. The molecule has 0 atom stereocenters. The van der Waals surface area contributed by atoms with Gasteiger partial charge in [0.15, 0.2) is 0 Å². The average molecular weight is 403 g/mol. The number of thiophene rings is 1. The van der Waals surface area contributed by atoms with Crippen LogP contribution < -0.4 is 10.2 Å². The fourth-order valence-electron chi connectivity index (χ4n) is 3.16. The highest BCUT2D eigenvalue weighted by molar-refractivity contribution is 7.20. The molecule has 4 rings (SSSR count). The van der Waals surface area contributed by atoms with Gasteiger partial charge in [-0.15, -0.1) is 11.3 Å². The predicted octanol–water partition coefficient (Wildman–Crippen LogP) is 4.05. The number of ether oxygens (including phenoxy) is 1. The fourth-order valence-corrected chi connectivity index (χ4v) is 4.41. The quantitative estimate of drug-likeness (QED) is 0.715. The van der Waals surface area contributed by atoms with Gasteiger partial charge in [0.25, 0.3) is 5.91 Å². The van der Waals surface area contributed by atoms with E-state index in [0.717, 1.165) is 34.7 Å². The van der Waals surface area contributed by atoms with Crippen LogP contribution in [-0.2, 0) is 4.74 Å². The van der Waals surface area contributed by atoms with Crippen LogP contribution in [0.4, 0.5) is 11.5 Å². The smallest absolute Gasteiger partial charge is 0.266 e. The van der Waals surface area contributed by atoms with Crippen molar-refractivity contribution in [2.24, 2.45) is 0 Å². The molecule has 1 fully saturated rings. The van der Waals surface area contributed by atoms with Gasteiger partial charge in [-0.2, -0.15) is 0 Å². The Labute approximate surface area is 166 Å². The first kappa shape index (κ1) is 18.2. The molecule has 1 amide bonds. The van der Waals surface area contributed by atoms with Crippen LogP contribution in [0, 0.1) is 13.8 Å². The topological polar surface area (TPSA) is 67.4 Å². The number of aryl methyl sites for hydroxylation is 2. The van der Waals surface area contributed by atoms with Crippen LogP contribution in [0.5, 0.6) is 0 Å². The summed E-state index contributed by atoms with van der Waals surface area (Å²) >= 11 is 7.31. The molecule has 0 saturated carbocycles. The Morgan fingerprint density at radius 1 is 1.19 bits per heavy atom. The van der Waals surface area contributed by atoms with Crippen molar-refractivity contribution in [1.29, 1.82) is 0 Å². The molecule has 27 heavy (non-hydrogen) atoms. The minimum atomic E-state index is -0.150. The summed E-state index contributed by atoms with van der Waals surface area (Å²) in [5.41, 5.74) is 1.61. The van der Waals surface area contributed by atoms with Crippen LogP contribution >= 0.6 is 22.9 Å². The van der Waals surface area contributed by atoms with Crippen molar-refractivity contribution in [3.05, 3.63) is 45.6 Å². The number of hydrogen-bond acceptors (Lipinski definition) is 6. The minimum absolute atomic E-state index is 0.150. The molecular formula is C19H19ClN4O2S. The van der Waals surface area contributed by atoms with Crippen molar-refractivity contribution in [1.82, 2.24) is 9.97 Å². The van der Waals surface area contributed by atoms with E-state index in [9.17, 15) is 4.79 Å². The molecule has 0 aliphatic carbocycles. The Morgan fingerprint density at radius 2 is 1.89 bits per heavy atom. The van der Waals surface area contributed by atoms with E-state index in [1.165, 1.54) is 11.3 Å². The maximum Gasteiger partial charge on any atom is 0.266 e. The van der Waals surface area contributed by atoms with E-state index in [0.29, 0.717) is 34.6 Å². The number of benzene rings is 1. The van der Waals surface area contributed by atoms with E-state index in [2.05, 4.69) is 20.2 Å². The van der Waals surface area contributed by atoms with Gasteiger partial charge in [0.1, 0.15) is 16.5 Å². The maximum atomic E-state index is 12.8. The number of fused-ring (bicyclic) bond motifs is 1. The van der Waals surface area contributed by atoms with E-state index in [1.54, 1.807) is 24.3 Å². The monoisotopic (exact) mass is 402 g/mol. The molecule has 0 bridgehead atoms. The van der Waals surface area contributed by atoms with Crippen molar-refractivity contribution < 1.29 is 9.53 Å². The van der Waals surface area contributed by atoms with Gasteiger partial charge >= 0.3 is 0 Å². The number of hydrogen-bond donors (Lipinski definition) is 1. The van der Waals surface area contributed by atoms with Gasteiger partial charge in [-0.3, -0.25) is 4.79 Å². The van der Waals surface area contributed by atoms with Gasteiger partial charge in [0, 0.05) is 23.8 Å². The van der Waals surface area contributed by atoms with Gasteiger partial charge < -0.3 is 15.0 Å². The largest absolute Gasteiger partial charge is 0.378 e. The third-order valence-corrected chi connectivity index (χ3v) is 5.94. The molecule has 1 aromatic carbocycles. The zero-order chi connectivity index (χ0) is 19.0. The zero-order valence-corrected chi connectivity index (χ0v) is 16.7. The van der Waals surface area contributed by atoms with Gasteiger partial charge in [-0.25, -0.2) is 9.97 Å². The van der Waals surface area contributed by atoms with E-state index >= 15 is 0 Å². The molecule has 2 aromatic heterocycles. The van der Waals surface area contributed by atoms with Crippen molar-refractivity contribution in [3.63, 3.8) is 0 Å². The number of nitrogens with zero attached hydrogens (tertiary/aromatic N) is 3. The molecule has 3 aromatic rings. The predicted molar refractivity (Wildman–Crippen MR) is 109 cm³/mol. The van der Waals surface area contributed by atoms with Crippen LogP contribution in [0.15, 0.2) is 24.3 Å². The Morgan fingerprint density at radius 3 is 2.59 bits per heavy atom. The summed E-state index contributed by atoms with van der Waals surface area (Å²) in [7, 11) is 0. The molecule has 1 N–H and O–H groups in total. The number of nitrogens with one attached hydrogen (secondary N) is 1. The zero-order valence-electron chi connectivity index (χ0n) is 15.1. The van der Waals surface area contributed by atoms with Crippen LogP contribution in [-0.4, -0.2) is 42.2 Å². The number of anilines is 2. The molecule has 0 spiro atoms. The van der Waals surface area contributed by atoms with Gasteiger partial charge in [-0.1, -0.05) is 11.6 Å². The number of aromatic nitrogens is 2. The highest BCUT2D eigenvalue weighted by Crippen LogP contribution is 2.36. The van der Waals surface area contributed by atoms with E-state index in [-0.39, 0.29) is 5.91 Å². The molecule has 8 heteroatoms. The Bertz CT molecular complexity index is 997. The lowest BCUT2D eigenvalue weighted by Crippen LogP contribution is -2.37. The average Bonchev–Trinajstić information content (AvgIpc) is 3.00. The Hall–Kier alpha value is -2.22. The normalized spacial score (nSPS) is 14.6. The third-order valence-electron chi connectivity index (χ3n) is 4.50. The molecular weight excluding hydrogens is 384 g/mol. The molecule has 3 heterocycles. The maximum absolute atomic E-state index is 12.8. The first-order valence-electron chi connectivity index (χ1n) is 8.70. The van der Waals surface area contributed by atoms with Crippen molar-refractivity contribution in [2.75, 3.05) is 36.5 Å². The summed E-state index contributed by atoms with van der Waals surface area (Å²) in [4.78, 5) is 25.8. The molecule has 0 radical (unpaired) electrons. The Kier molecular flexibility index (Phi) is 4.99. The lowest BCUT2D eigenvalue weighted by atomic mass is 10.1. The molecule has 140 valence electrons. The van der Waals surface area contributed by atoms with Crippen LogP contribution in [0.1, 0.15) is 21.1 Å². The summed E-state index contributed by atoms with van der Waals surface area (Å²) in [6.07, 6.45) is 0. The summed E-state index contributed by atoms with van der Waals surface area (Å²) in [5, 5.41) is 4.52. The van der Waals surface area contributed by atoms with Crippen LogP contribution in [0.2, 0.25) is 5.02 Å². The van der Waals surface area contributed by atoms with Crippen molar-refractivity contribution in [3.8, 4) is 0 Å². The highest BCUT2D eigenvalue weighted by Gasteiger charge is 2.23. The number of carbonyl (C=O) groups excluding carboxylic acids is 1. The molecule has 1 aliphatic rings. The number of rotatable bonds is 3. The third kappa shape index (κ3) is 3.63. The second-order valence-electron chi connectivity index (χ2n) is 6.39. The summed E-state index contributed by atoms with van der Waals surface area (Å²) in [6, 6.07) is 7.07. The molecule has 1 saturated heterocycles. The number of carbonyl (C=O) groups is 1. The number of halogens is 1. The summed E-state index contributed by atoms with van der Waals surface area (Å²) in [6.45, 7) is 6.76. The van der Waals surface area contributed by atoms with Gasteiger partial charge in [0.05, 0.1) is 23.5 Å². The minimum Gasteiger partial charge on any atom is -0.378 e. The molecule has 0 unspecified atom stereocenters. The first-order chi connectivity index (χ1) is 13.0. The Balaban J connectivity index is 1.72. The van der Waals surface area contributed by atoms with Gasteiger partial charge in [0.2, 0.25) is 0 Å². The summed E-state index contributed by atoms with van der Waals surface area (Å²) < 4.78 is 5.46. The fraction of sp³-hybridized carbons (Fsp3) is 0.316. The first-order valence-corrected chi connectivity index (χ1v) is 9.90. The molecule has 1 aliphatic heterocycles. The van der Waals surface area contributed by atoms with Gasteiger partial charge in [-0.05, 0) is 43.7 Å². The van der Waals surface area contributed by atoms with E-state index in [1.807, 2.05) is 13.8 Å². The second-order valence-corrected chi connectivity index (χ2v) is 7.83. The van der Waals surface area contributed by atoms with Crippen molar-refractivity contribution >= 4 is 50.6 Å². The standard InChI is InChI=1S/C19H19ClN4O2S/c1-11-15-17(24-7-9-26-10-8-24)21-12(2)22-19(15)27-16(11)18(25)23-14-5-3-13(20)4-6-14/h3-6H,7-10H2,1-2H3,(H,23,25). The lowest BCUT2D eigenvalue weighted by Gasteiger charge is -2.28. The number of amides is 1. The summed E-state index contributed by atoms with van der Waals surface area (Å²) in [5.74, 6) is 1.44. The number of morpholine rings is 1.